The summed E-state index contributed by atoms with van der Waals surface area (Å²) in [6, 6.07) is 0. The molecule has 0 spiro atoms. The molecule has 0 bridgehead atoms. The molecule has 1 N–H and O–H groups in total. The molecule has 0 amide bonds. The lowest BCUT2D eigenvalue weighted by atomic mass is 10.4. The van der Waals surface area contributed by atoms with E-state index in [-0.39, 0.29) is 23.1 Å². The van der Waals surface area contributed by atoms with Crippen LogP contribution in [0.3, 0.4) is 0 Å². The minimum absolute atomic E-state index is 0.0566. The topological polar surface area (TPSA) is 89.8 Å². The molecule has 10 heteroatoms. The van der Waals surface area contributed by atoms with Gasteiger partial charge >= 0.3 is 5.97 Å². The number of sulfonamides is 1. The number of imidazole rings is 1. The van der Waals surface area contributed by atoms with Crippen LogP contribution in [0.5, 0.6) is 0 Å². The van der Waals surface area contributed by atoms with Crippen LogP contribution in [0.2, 0.25) is 5.15 Å². The van der Waals surface area contributed by atoms with E-state index in [0.717, 1.165) is 0 Å². The molecule has 0 aliphatic heterocycles. The molecule has 0 aromatic carbocycles. The first-order valence-corrected chi connectivity index (χ1v) is 7.87. The Morgan fingerprint density at radius 3 is 3.05 bits per heavy atom. The van der Waals surface area contributed by atoms with Gasteiger partial charge in [0.15, 0.2) is 15.1 Å². The van der Waals surface area contributed by atoms with E-state index in [2.05, 4.69) is 14.4 Å². The minimum atomic E-state index is -3.83. The van der Waals surface area contributed by atoms with E-state index >= 15 is 0 Å². The fourth-order valence-corrected chi connectivity index (χ4v) is 3.92. The van der Waals surface area contributed by atoms with Crippen molar-refractivity contribution in [3.63, 3.8) is 0 Å². The molecule has 0 atom stereocenters. The van der Waals surface area contributed by atoms with Crippen molar-refractivity contribution in [3.8, 4) is 0 Å². The highest BCUT2D eigenvalue weighted by molar-refractivity contribution is 7.89. The van der Waals surface area contributed by atoms with E-state index < -0.39 is 16.0 Å². The second kappa shape index (κ2) is 5.45. The Morgan fingerprint density at radius 2 is 2.37 bits per heavy atom. The zero-order chi connectivity index (χ0) is 14.0. The third-order valence-corrected chi connectivity index (χ3v) is 4.90. The number of nitrogens with one attached hydrogen (secondary N) is 1. The van der Waals surface area contributed by atoms with Crippen LogP contribution in [0.15, 0.2) is 16.6 Å². The number of methoxy groups -OCH3 is 1. The SMILES string of the molecule is COC(=O)CCNS(=O)(=O)c1c(Cl)nc2sccn12. The van der Waals surface area contributed by atoms with Crippen molar-refractivity contribution in [1.29, 1.82) is 0 Å². The number of hydrogen-bond donors (Lipinski definition) is 1. The number of nitrogens with zero attached hydrogens (tertiary/aromatic N) is 2. The highest BCUT2D eigenvalue weighted by Crippen LogP contribution is 2.25. The Bertz CT molecular complexity index is 706. The van der Waals surface area contributed by atoms with Crippen LogP contribution in [0.1, 0.15) is 6.42 Å². The van der Waals surface area contributed by atoms with Crippen LogP contribution in [-0.2, 0) is 19.6 Å². The minimum Gasteiger partial charge on any atom is -0.469 e. The Morgan fingerprint density at radius 1 is 1.63 bits per heavy atom. The van der Waals surface area contributed by atoms with Gasteiger partial charge in [-0.1, -0.05) is 11.6 Å². The van der Waals surface area contributed by atoms with Gasteiger partial charge in [0.2, 0.25) is 0 Å². The van der Waals surface area contributed by atoms with E-state index in [4.69, 9.17) is 11.6 Å². The van der Waals surface area contributed by atoms with Gasteiger partial charge in [0.05, 0.1) is 13.5 Å². The molecule has 0 unspecified atom stereocenters. The lowest BCUT2D eigenvalue weighted by Crippen LogP contribution is -2.27. The maximum Gasteiger partial charge on any atom is 0.306 e. The summed E-state index contributed by atoms with van der Waals surface area (Å²) in [7, 11) is -2.59. The van der Waals surface area contributed by atoms with Gasteiger partial charge in [-0.15, -0.1) is 11.3 Å². The fraction of sp³-hybridized carbons (Fsp3) is 0.333. The Balaban J connectivity index is 2.22. The number of fused-ring (bicyclic) bond motifs is 1. The highest BCUT2D eigenvalue weighted by Gasteiger charge is 2.24. The predicted molar refractivity (Wildman–Crippen MR) is 69.9 cm³/mol. The maximum atomic E-state index is 12.1. The molecule has 0 aliphatic rings. The normalized spacial score (nSPS) is 11.9. The zero-order valence-corrected chi connectivity index (χ0v) is 12.2. The van der Waals surface area contributed by atoms with Crippen molar-refractivity contribution in [2.45, 2.75) is 11.4 Å². The standard InChI is InChI=1S/C9H10ClN3O4S2/c1-17-6(14)2-3-11-19(15,16)8-7(10)12-9-13(8)4-5-18-9/h4-5,11H,2-3H2,1H3. The Hall–Kier alpha value is -1.16. The van der Waals surface area contributed by atoms with Crippen LogP contribution >= 0.6 is 22.9 Å². The molecule has 0 radical (unpaired) electrons. The summed E-state index contributed by atoms with van der Waals surface area (Å²) >= 11 is 7.10. The molecule has 0 saturated carbocycles. The smallest absolute Gasteiger partial charge is 0.306 e. The molecule has 0 fully saturated rings. The Kier molecular flexibility index (Phi) is 4.09. The first kappa shape index (κ1) is 14.3. The zero-order valence-electron chi connectivity index (χ0n) is 9.79. The average Bonchev–Trinajstić information content (AvgIpc) is 2.87. The van der Waals surface area contributed by atoms with Crippen LogP contribution in [0, 0.1) is 0 Å². The monoisotopic (exact) mass is 323 g/mol. The second-order valence-electron chi connectivity index (χ2n) is 3.49. The molecular weight excluding hydrogens is 314 g/mol. The number of thiazole rings is 1. The first-order valence-electron chi connectivity index (χ1n) is 5.13. The number of rotatable bonds is 5. The molecule has 2 aromatic heterocycles. The fourth-order valence-electron chi connectivity index (χ4n) is 1.44. The van der Waals surface area contributed by atoms with Gasteiger partial charge in [-0.3, -0.25) is 9.20 Å². The summed E-state index contributed by atoms with van der Waals surface area (Å²) in [6.45, 7) is -0.0668. The van der Waals surface area contributed by atoms with Crippen LogP contribution < -0.4 is 4.72 Å². The maximum absolute atomic E-state index is 12.1. The third-order valence-electron chi connectivity index (χ3n) is 2.28. The number of ether oxygens (including phenoxy) is 1. The summed E-state index contributed by atoms with van der Waals surface area (Å²) in [5, 5.41) is 1.47. The van der Waals surface area contributed by atoms with Crippen molar-refractivity contribution in [2.75, 3.05) is 13.7 Å². The largest absolute Gasteiger partial charge is 0.469 e. The summed E-state index contributed by atoms with van der Waals surface area (Å²) in [6.07, 6.45) is 1.51. The van der Waals surface area contributed by atoms with Gasteiger partial charge < -0.3 is 4.74 Å². The van der Waals surface area contributed by atoms with Crippen LogP contribution in [0.25, 0.3) is 4.96 Å². The molecular formula is C9H10ClN3O4S2. The average molecular weight is 324 g/mol. The second-order valence-corrected chi connectivity index (χ2v) is 6.40. The summed E-state index contributed by atoms with van der Waals surface area (Å²) < 4.78 is 32.3. The first-order chi connectivity index (χ1) is 8.95. The predicted octanol–water partition coefficient (Wildman–Crippen LogP) is 0.891. The summed E-state index contributed by atoms with van der Waals surface area (Å²) in [5.41, 5.74) is 0. The van der Waals surface area contributed by atoms with Crippen molar-refractivity contribution >= 4 is 43.9 Å². The van der Waals surface area contributed by atoms with Crippen LogP contribution in [0.4, 0.5) is 0 Å². The molecule has 19 heavy (non-hydrogen) atoms. The molecule has 2 aromatic rings. The van der Waals surface area contributed by atoms with Gasteiger partial charge in [0.1, 0.15) is 0 Å². The van der Waals surface area contributed by atoms with Crippen molar-refractivity contribution < 1.29 is 17.9 Å². The summed E-state index contributed by atoms with van der Waals surface area (Å²) in [5.74, 6) is -0.497. The van der Waals surface area contributed by atoms with Crippen molar-refractivity contribution in [2.24, 2.45) is 0 Å². The van der Waals surface area contributed by atoms with Crippen molar-refractivity contribution in [3.05, 3.63) is 16.7 Å². The number of esters is 1. The van der Waals surface area contributed by atoms with Gasteiger partial charge in [0, 0.05) is 18.1 Å². The van der Waals surface area contributed by atoms with Gasteiger partial charge in [-0.25, -0.2) is 18.1 Å². The molecule has 2 rings (SSSR count). The van der Waals surface area contributed by atoms with Crippen molar-refractivity contribution in [1.82, 2.24) is 14.1 Å². The van der Waals surface area contributed by atoms with Crippen LogP contribution in [-0.4, -0.2) is 37.4 Å². The number of hydrogen-bond acceptors (Lipinski definition) is 6. The lowest BCUT2D eigenvalue weighted by Gasteiger charge is -2.05. The Labute approximate surface area is 118 Å². The number of carbonyl (C=O) groups excluding carboxylic acids is 1. The number of aromatic nitrogens is 2. The molecule has 0 aliphatic carbocycles. The molecule has 2 heterocycles. The van der Waals surface area contributed by atoms with E-state index in [1.807, 2.05) is 0 Å². The van der Waals surface area contributed by atoms with E-state index in [1.54, 1.807) is 11.6 Å². The quantitative estimate of drug-likeness (QED) is 0.825. The van der Waals surface area contributed by atoms with Gasteiger partial charge in [-0.2, -0.15) is 0 Å². The van der Waals surface area contributed by atoms with E-state index in [1.165, 1.54) is 22.8 Å². The molecule has 104 valence electrons. The van der Waals surface area contributed by atoms with E-state index in [9.17, 15) is 13.2 Å². The lowest BCUT2D eigenvalue weighted by molar-refractivity contribution is -0.140. The number of halogens is 1. The summed E-state index contributed by atoms with van der Waals surface area (Å²) in [4.78, 5) is 15.3. The van der Waals surface area contributed by atoms with Gasteiger partial charge in [-0.05, 0) is 0 Å². The van der Waals surface area contributed by atoms with Gasteiger partial charge in [0.25, 0.3) is 10.0 Å². The molecule has 7 nitrogen and oxygen atoms in total. The number of carbonyl (C=O) groups is 1. The third kappa shape index (κ3) is 2.89. The van der Waals surface area contributed by atoms with E-state index in [0.29, 0.717) is 4.96 Å². The molecule has 0 saturated heterocycles. The highest BCUT2D eigenvalue weighted by atomic mass is 35.5.